The molecule has 0 aliphatic carbocycles. The standard InChI is InChI=1S/C16H10BrFN6O/c17-11-3-6-14-19-13(7-15(25)23(14)8-11)9-24-21-16(20-22-24)10-1-4-12(18)5-2-10/h1-8H,9H2. The summed E-state index contributed by atoms with van der Waals surface area (Å²) in [5.41, 5.74) is 1.52. The lowest BCUT2D eigenvalue weighted by atomic mass is 10.2. The maximum absolute atomic E-state index is 13.0. The van der Waals surface area contributed by atoms with Crippen LogP contribution in [0.1, 0.15) is 5.69 Å². The van der Waals surface area contributed by atoms with Crippen LogP contribution in [-0.2, 0) is 6.54 Å². The lowest BCUT2D eigenvalue weighted by molar-refractivity contribution is 0.564. The summed E-state index contributed by atoms with van der Waals surface area (Å²) in [7, 11) is 0. The first-order valence-corrected chi connectivity index (χ1v) is 8.09. The zero-order chi connectivity index (χ0) is 17.4. The zero-order valence-electron chi connectivity index (χ0n) is 12.7. The number of benzene rings is 1. The van der Waals surface area contributed by atoms with Gasteiger partial charge in [-0.1, -0.05) is 0 Å². The van der Waals surface area contributed by atoms with Crippen LogP contribution in [0.4, 0.5) is 4.39 Å². The van der Waals surface area contributed by atoms with Gasteiger partial charge < -0.3 is 0 Å². The summed E-state index contributed by atoms with van der Waals surface area (Å²) in [5, 5.41) is 12.2. The van der Waals surface area contributed by atoms with Gasteiger partial charge in [0.05, 0.1) is 5.69 Å². The van der Waals surface area contributed by atoms with Crippen molar-refractivity contribution in [3.8, 4) is 11.4 Å². The Morgan fingerprint density at radius 1 is 1.12 bits per heavy atom. The molecule has 0 bridgehead atoms. The van der Waals surface area contributed by atoms with Gasteiger partial charge in [-0.3, -0.25) is 9.20 Å². The molecular weight excluding hydrogens is 391 g/mol. The van der Waals surface area contributed by atoms with E-state index in [1.165, 1.54) is 27.4 Å². The molecular formula is C16H10BrFN6O. The van der Waals surface area contributed by atoms with E-state index in [0.29, 0.717) is 22.7 Å². The molecule has 3 heterocycles. The monoisotopic (exact) mass is 400 g/mol. The van der Waals surface area contributed by atoms with Gasteiger partial charge >= 0.3 is 0 Å². The second-order valence-electron chi connectivity index (χ2n) is 5.31. The smallest absolute Gasteiger partial charge is 0.258 e. The summed E-state index contributed by atoms with van der Waals surface area (Å²) in [4.78, 5) is 18.0. The van der Waals surface area contributed by atoms with Crippen LogP contribution in [-0.4, -0.2) is 29.6 Å². The van der Waals surface area contributed by atoms with Gasteiger partial charge in [0.1, 0.15) is 18.0 Å². The van der Waals surface area contributed by atoms with E-state index in [1.807, 2.05) is 6.07 Å². The lowest BCUT2D eigenvalue weighted by Gasteiger charge is -2.03. The molecule has 1 aromatic carbocycles. The molecule has 0 N–H and O–H groups in total. The summed E-state index contributed by atoms with van der Waals surface area (Å²) < 4.78 is 15.2. The van der Waals surface area contributed by atoms with E-state index in [0.717, 1.165) is 4.47 Å². The van der Waals surface area contributed by atoms with Crippen molar-refractivity contribution in [2.75, 3.05) is 0 Å². The van der Waals surface area contributed by atoms with Gasteiger partial charge in [-0.15, -0.1) is 10.2 Å². The van der Waals surface area contributed by atoms with Gasteiger partial charge in [0, 0.05) is 22.3 Å². The quantitative estimate of drug-likeness (QED) is 0.527. The van der Waals surface area contributed by atoms with E-state index in [9.17, 15) is 9.18 Å². The second-order valence-corrected chi connectivity index (χ2v) is 6.23. The van der Waals surface area contributed by atoms with Gasteiger partial charge in [0.25, 0.3) is 5.56 Å². The molecule has 0 spiro atoms. The summed E-state index contributed by atoms with van der Waals surface area (Å²) >= 11 is 3.32. The van der Waals surface area contributed by atoms with Crippen LogP contribution in [0, 0.1) is 5.82 Å². The summed E-state index contributed by atoms with van der Waals surface area (Å²) in [6.07, 6.45) is 1.66. The summed E-state index contributed by atoms with van der Waals surface area (Å²) in [5.74, 6) is 0.0464. The van der Waals surface area contributed by atoms with Crippen LogP contribution >= 0.6 is 15.9 Å². The number of aromatic nitrogens is 6. The highest BCUT2D eigenvalue weighted by atomic mass is 79.9. The number of pyridine rings is 1. The van der Waals surface area contributed by atoms with E-state index in [4.69, 9.17) is 0 Å². The molecule has 0 amide bonds. The minimum absolute atomic E-state index is 0.194. The molecule has 0 aliphatic heterocycles. The highest BCUT2D eigenvalue weighted by Crippen LogP contribution is 2.14. The molecule has 0 aliphatic rings. The fourth-order valence-corrected chi connectivity index (χ4v) is 2.71. The van der Waals surface area contributed by atoms with Crippen LogP contribution in [0.25, 0.3) is 17.0 Å². The predicted octanol–water partition coefficient (Wildman–Crippen LogP) is 2.30. The Labute approximate surface area is 148 Å². The van der Waals surface area contributed by atoms with Crippen molar-refractivity contribution in [3.05, 3.63) is 75.0 Å². The van der Waals surface area contributed by atoms with Crippen molar-refractivity contribution < 1.29 is 4.39 Å². The van der Waals surface area contributed by atoms with Crippen molar-refractivity contribution in [2.45, 2.75) is 6.54 Å². The Morgan fingerprint density at radius 3 is 2.72 bits per heavy atom. The Bertz CT molecular complexity index is 1120. The fourth-order valence-electron chi connectivity index (χ4n) is 2.38. The van der Waals surface area contributed by atoms with Crippen LogP contribution in [0.5, 0.6) is 0 Å². The molecule has 0 saturated heterocycles. The highest BCUT2D eigenvalue weighted by Gasteiger charge is 2.09. The molecule has 0 fully saturated rings. The largest absolute Gasteiger partial charge is 0.269 e. The third-order valence-corrected chi connectivity index (χ3v) is 4.00. The number of rotatable bonds is 3. The minimum Gasteiger partial charge on any atom is -0.269 e. The first kappa shape index (κ1) is 15.6. The molecule has 4 rings (SSSR count). The Balaban J connectivity index is 1.64. The van der Waals surface area contributed by atoms with Gasteiger partial charge in [-0.2, -0.15) is 4.80 Å². The molecule has 0 unspecified atom stereocenters. The summed E-state index contributed by atoms with van der Waals surface area (Å²) in [6, 6.07) is 10.8. The average Bonchev–Trinajstić information content (AvgIpc) is 3.05. The number of fused-ring (bicyclic) bond motifs is 1. The Kier molecular flexibility index (Phi) is 3.85. The van der Waals surface area contributed by atoms with Gasteiger partial charge in [-0.25, -0.2) is 9.37 Å². The third-order valence-electron chi connectivity index (χ3n) is 3.54. The normalized spacial score (nSPS) is 11.1. The molecule has 25 heavy (non-hydrogen) atoms. The maximum atomic E-state index is 13.0. The minimum atomic E-state index is -0.330. The maximum Gasteiger partial charge on any atom is 0.258 e. The SMILES string of the molecule is O=c1cc(Cn2nnc(-c3ccc(F)cc3)n2)nc2ccc(Br)cn12. The van der Waals surface area contributed by atoms with Gasteiger partial charge in [-0.05, 0) is 57.5 Å². The first-order chi connectivity index (χ1) is 12.1. The molecule has 124 valence electrons. The van der Waals surface area contributed by atoms with E-state index >= 15 is 0 Å². The predicted molar refractivity (Wildman–Crippen MR) is 91.5 cm³/mol. The molecule has 9 heteroatoms. The Hall–Kier alpha value is -2.94. The number of hydrogen-bond donors (Lipinski definition) is 0. The van der Waals surface area contributed by atoms with Gasteiger partial charge in [0.15, 0.2) is 0 Å². The molecule has 3 aromatic heterocycles. The topological polar surface area (TPSA) is 78.0 Å². The molecule has 4 aromatic rings. The van der Waals surface area contributed by atoms with E-state index in [2.05, 4.69) is 36.3 Å². The van der Waals surface area contributed by atoms with Crippen molar-refractivity contribution in [1.29, 1.82) is 0 Å². The number of hydrogen-bond acceptors (Lipinski definition) is 5. The number of tetrazole rings is 1. The molecule has 0 radical (unpaired) electrons. The van der Waals surface area contributed by atoms with Crippen molar-refractivity contribution >= 4 is 21.6 Å². The van der Waals surface area contributed by atoms with E-state index in [-0.39, 0.29) is 17.9 Å². The first-order valence-electron chi connectivity index (χ1n) is 7.30. The van der Waals surface area contributed by atoms with Crippen LogP contribution in [0.2, 0.25) is 0 Å². The van der Waals surface area contributed by atoms with Crippen LogP contribution in [0.3, 0.4) is 0 Å². The molecule has 7 nitrogen and oxygen atoms in total. The van der Waals surface area contributed by atoms with Crippen LogP contribution in [0.15, 0.2) is 57.9 Å². The highest BCUT2D eigenvalue weighted by molar-refractivity contribution is 9.10. The lowest BCUT2D eigenvalue weighted by Crippen LogP contribution is -2.17. The van der Waals surface area contributed by atoms with E-state index < -0.39 is 0 Å². The fraction of sp³-hybridized carbons (Fsp3) is 0.0625. The number of halogens is 2. The van der Waals surface area contributed by atoms with E-state index in [1.54, 1.807) is 24.4 Å². The third kappa shape index (κ3) is 3.18. The zero-order valence-corrected chi connectivity index (χ0v) is 14.3. The van der Waals surface area contributed by atoms with Crippen molar-refractivity contribution in [1.82, 2.24) is 29.6 Å². The summed E-state index contributed by atoms with van der Waals surface area (Å²) in [6.45, 7) is 0.204. The van der Waals surface area contributed by atoms with Gasteiger partial charge in [0.2, 0.25) is 5.82 Å². The molecule has 0 saturated carbocycles. The Morgan fingerprint density at radius 2 is 1.92 bits per heavy atom. The van der Waals surface area contributed by atoms with Crippen molar-refractivity contribution in [3.63, 3.8) is 0 Å². The second kappa shape index (κ2) is 6.17. The number of nitrogens with zero attached hydrogens (tertiary/aromatic N) is 6. The van der Waals surface area contributed by atoms with Crippen molar-refractivity contribution in [2.24, 2.45) is 0 Å². The van der Waals surface area contributed by atoms with Crippen LogP contribution < -0.4 is 5.56 Å². The average molecular weight is 401 g/mol. The molecule has 0 atom stereocenters.